The van der Waals surface area contributed by atoms with Gasteiger partial charge in [-0.1, -0.05) is 31.2 Å². The highest BCUT2D eigenvalue weighted by molar-refractivity contribution is 5.86. The van der Waals surface area contributed by atoms with E-state index >= 15 is 0 Å². The van der Waals surface area contributed by atoms with Crippen LogP contribution in [0.5, 0.6) is 5.75 Å². The number of hydrogen-bond donors (Lipinski definition) is 0. The van der Waals surface area contributed by atoms with Crippen molar-refractivity contribution in [2.75, 3.05) is 19.7 Å². The third-order valence-corrected chi connectivity index (χ3v) is 6.42. The second-order valence-corrected chi connectivity index (χ2v) is 10.5. The number of rotatable bonds is 4. The molecule has 1 aliphatic rings. The van der Waals surface area contributed by atoms with Gasteiger partial charge in [-0.05, 0) is 57.9 Å². The fourth-order valence-corrected chi connectivity index (χ4v) is 4.33. The molecule has 0 unspecified atom stereocenters. The Morgan fingerprint density at radius 3 is 2.60 bits per heavy atom. The molecule has 0 bridgehead atoms. The van der Waals surface area contributed by atoms with Crippen LogP contribution in [0.4, 0.5) is 4.79 Å². The third kappa shape index (κ3) is 4.92. The summed E-state index contributed by atoms with van der Waals surface area (Å²) in [4.78, 5) is 19.1. The van der Waals surface area contributed by atoms with Gasteiger partial charge in [0.2, 0.25) is 0 Å². The monoisotopic (exact) mass is 473 g/mol. The van der Waals surface area contributed by atoms with Crippen LogP contribution >= 0.6 is 0 Å². The van der Waals surface area contributed by atoms with Crippen LogP contribution in [0.2, 0.25) is 0 Å². The first kappa shape index (κ1) is 23.1. The molecule has 1 amide bonds. The van der Waals surface area contributed by atoms with E-state index in [0.717, 1.165) is 40.8 Å². The van der Waals surface area contributed by atoms with Crippen LogP contribution < -0.4 is 4.74 Å². The Labute approximate surface area is 204 Å². The van der Waals surface area contributed by atoms with Crippen molar-refractivity contribution in [2.24, 2.45) is 5.41 Å². The number of carbonyl (C=O) groups excluding carboxylic acids is 1. The molecule has 182 valence electrons. The highest BCUT2D eigenvalue weighted by Crippen LogP contribution is 2.34. The molecule has 1 fully saturated rings. The van der Waals surface area contributed by atoms with Crippen molar-refractivity contribution < 1.29 is 14.3 Å². The largest absolute Gasteiger partial charge is 0.491 e. The summed E-state index contributed by atoms with van der Waals surface area (Å²) in [6, 6.07) is 15.8. The average Bonchev–Trinajstić information content (AvgIpc) is 3.26. The molecule has 0 saturated carbocycles. The average molecular weight is 474 g/mol. The van der Waals surface area contributed by atoms with Crippen molar-refractivity contribution in [3.63, 3.8) is 0 Å². The molecule has 5 rings (SSSR count). The molecule has 4 heterocycles. The summed E-state index contributed by atoms with van der Waals surface area (Å²) in [6.07, 6.45) is 3.39. The highest BCUT2D eigenvalue weighted by Gasteiger charge is 2.34. The lowest BCUT2D eigenvalue weighted by Crippen LogP contribution is -2.46. The van der Waals surface area contributed by atoms with Gasteiger partial charge in [-0.25, -0.2) is 9.78 Å². The number of aromatic nitrogens is 4. The summed E-state index contributed by atoms with van der Waals surface area (Å²) in [5.41, 5.74) is 1.79. The standard InChI is InChI=1S/C27H31N5O3/c1-26(2,3)35-25(33)31-16-13-27(4,14-17-31)18-34-21-9-7-8-19-11-12-20(28-23(19)21)24-30-29-22-10-5-6-15-32(22)24/h5-12,15H,13-14,16-18H2,1-4H3. The lowest BCUT2D eigenvalue weighted by molar-refractivity contribution is 0.00603. The van der Waals surface area contributed by atoms with Crippen LogP contribution in [0.25, 0.3) is 28.1 Å². The topological polar surface area (TPSA) is 81.9 Å². The van der Waals surface area contributed by atoms with Gasteiger partial charge in [0.25, 0.3) is 0 Å². The summed E-state index contributed by atoms with van der Waals surface area (Å²) >= 11 is 0. The number of likely N-dealkylation sites (tertiary alicyclic amines) is 1. The minimum atomic E-state index is -0.486. The van der Waals surface area contributed by atoms with Gasteiger partial charge >= 0.3 is 6.09 Å². The Bertz CT molecular complexity index is 1370. The zero-order valence-corrected chi connectivity index (χ0v) is 20.7. The number of piperidine rings is 1. The van der Waals surface area contributed by atoms with Gasteiger partial charge in [0.05, 0.1) is 6.61 Å². The summed E-state index contributed by atoms with van der Waals surface area (Å²) in [5.74, 6) is 1.44. The predicted molar refractivity (Wildman–Crippen MR) is 134 cm³/mol. The molecular formula is C27H31N5O3. The van der Waals surface area contributed by atoms with Gasteiger partial charge in [-0.2, -0.15) is 0 Å². The van der Waals surface area contributed by atoms with Gasteiger partial charge in [-0.15, -0.1) is 10.2 Å². The molecule has 0 spiro atoms. The Kier molecular flexibility index (Phi) is 5.83. The van der Waals surface area contributed by atoms with E-state index in [2.05, 4.69) is 17.1 Å². The normalized spacial score (nSPS) is 15.9. The van der Waals surface area contributed by atoms with E-state index in [1.807, 2.05) is 79.9 Å². The maximum atomic E-state index is 12.4. The summed E-state index contributed by atoms with van der Waals surface area (Å²) in [5, 5.41) is 9.59. The lowest BCUT2D eigenvalue weighted by atomic mass is 9.81. The first-order valence-electron chi connectivity index (χ1n) is 12.0. The van der Waals surface area contributed by atoms with E-state index in [1.54, 1.807) is 4.90 Å². The van der Waals surface area contributed by atoms with Crippen LogP contribution in [-0.4, -0.2) is 55.9 Å². The first-order chi connectivity index (χ1) is 16.7. The number of ether oxygens (including phenoxy) is 2. The zero-order chi connectivity index (χ0) is 24.6. The number of benzene rings is 1. The molecule has 0 N–H and O–H groups in total. The molecule has 8 heteroatoms. The molecular weight excluding hydrogens is 442 g/mol. The molecule has 1 saturated heterocycles. The van der Waals surface area contributed by atoms with Gasteiger partial charge in [0.1, 0.15) is 22.6 Å². The van der Waals surface area contributed by atoms with E-state index < -0.39 is 5.60 Å². The van der Waals surface area contributed by atoms with Crippen molar-refractivity contribution >= 4 is 22.6 Å². The molecule has 3 aromatic heterocycles. The van der Waals surface area contributed by atoms with Crippen LogP contribution in [0.1, 0.15) is 40.5 Å². The Morgan fingerprint density at radius 1 is 1.03 bits per heavy atom. The summed E-state index contributed by atoms with van der Waals surface area (Å²) in [6.45, 7) is 9.75. The van der Waals surface area contributed by atoms with Crippen LogP contribution in [0, 0.1) is 5.41 Å². The molecule has 8 nitrogen and oxygen atoms in total. The summed E-state index contributed by atoms with van der Waals surface area (Å²) < 4.78 is 13.8. The van der Waals surface area contributed by atoms with Gasteiger partial charge < -0.3 is 14.4 Å². The Hall–Kier alpha value is -3.68. The predicted octanol–water partition coefficient (Wildman–Crippen LogP) is 5.36. The van der Waals surface area contributed by atoms with Crippen molar-refractivity contribution in [3.8, 4) is 17.3 Å². The number of pyridine rings is 2. The van der Waals surface area contributed by atoms with Crippen LogP contribution in [0.15, 0.2) is 54.7 Å². The number of hydrogen-bond acceptors (Lipinski definition) is 6. The number of nitrogens with zero attached hydrogens (tertiary/aromatic N) is 5. The van der Waals surface area contributed by atoms with Crippen molar-refractivity contribution in [2.45, 2.75) is 46.1 Å². The smallest absolute Gasteiger partial charge is 0.410 e. The molecule has 4 aromatic rings. The number of amides is 1. The van der Waals surface area contributed by atoms with E-state index in [4.69, 9.17) is 14.5 Å². The molecule has 0 aliphatic carbocycles. The minimum Gasteiger partial charge on any atom is -0.491 e. The van der Waals surface area contributed by atoms with Gasteiger partial charge in [0.15, 0.2) is 11.5 Å². The Balaban J connectivity index is 1.32. The molecule has 1 aromatic carbocycles. The van der Waals surface area contributed by atoms with Crippen LogP contribution in [-0.2, 0) is 4.74 Å². The summed E-state index contributed by atoms with van der Waals surface area (Å²) in [7, 11) is 0. The minimum absolute atomic E-state index is 0.0402. The van der Waals surface area contributed by atoms with Gasteiger partial charge in [-0.3, -0.25) is 4.40 Å². The van der Waals surface area contributed by atoms with Crippen LogP contribution in [0.3, 0.4) is 0 Å². The van der Waals surface area contributed by atoms with Gasteiger partial charge in [0, 0.05) is 30.1 Å². The fraction of sp³-hybridized carbons (Fsp3) is 0.407. The van der Waals surface area contributed by atoms with E-state index in [1.165, 1.54) is 0 Å². The second-order valence-electron chi connectivity index (χ2n) is 10.5. The SMILES string of the molecule is CC1(COc2cccc3ccc(-c4nnc5ccccn45)nc23)CCN(C(=O)OC(C)(C)C)CC1. The fourth-order valence-electron chi connectivity index (χ4n) is 4.33. The number of carbonyl (C=O) groups is 1. The lowest BCUT2D eigenvalue weighted by Gasteiger charge is -2.39. The molecule has 1 aliphatic heterocycles. The number of para-hydroxylation sites is 1. The Morgan fingerprint density at radius 2 is 1.83 bits per heavy atom. The van der Waals surface area contributed by atoms with E-state index in [9.17, 15) is 4.79 Å². The van der Waals surface area contributed by atoms with E-state index in [0.29, 0.717) is 25.5 Å². The maximum Gasteiger partial charge on any atom is 0.410 e. The number of fused-ring (bicyclic) bond motifs is 2. The first-order valence-corrected chi connectivity index (χ1v) is 12.0. The quantitative estimate of drug-likeness (QED) is 0.397. The second kappa shape index (κ2) is 8.83. The zero-order valence-electron chi connectivity index (χ0n) is 20.7. The van der Waals surface area contributed by atoms with E-state index in [-0.39, 0.29) is 11.5 Å². The molecule has 0 radical (unpaired) electrons. The molecule has 35 heavy (non-hydrogen) atoms. The van der Waals surface area contributed by atoms with Crippen molar-refractivity contribution in [1.82, 2.24) is 24.5 Å². The van der Waals surface area contributed by atoms with Crippen molar-refractivity contribution in [1.29, 1.82) is 0 Å². The maximum absolute atomic E-state index is 12.4. The van der Waals surface area contributed by atoms with Crippen molar-refractivity contribution in [3.05, 3.63) is 54.7 Å². The highest BCUT2D eigenvalue weighted by atomic mass is 16.6. The third-order valence-electron chi connectivity index (χ3n) is 6.42. The molecule has 0 atom stereocenters.